The fourth-order valence-corrected chi connectivity index (χ4v) is 2.92. The van der Waals surface area contributed by atoms with Gasteiger partial charge in [-0.3, -0.25) is 9.48 Å². The zero-order valence-corrected chi connectivity index (χ0v) is 12.8. The van der Waals surface area contributed by atoms with Crippen LogP contribution in [0.3, 0.4) is 0 Å². The number of hydrogen-bond donors (Lipinski definition) is 2. The molecular formula is C16H20N4O2. The quantitative estimate of drug-likeness (QED) is 0.874. The zero-order valence-electron chi connectivity index (χ0n) is 12.8. The first-order chi connectivity index (χ1) is 10.6. The summed E-state index contributed by atoms with van der Waals surface area (Å²) in [5, 5.41) is 7.79. The van der Waals surface area contributed by atoms with Crippen LogP contribution in [0.2, 0.25) is 0 Å². The van der Waals surface area contributed by atoms with Crippen molar-refractivity contribution in [1.29, 1.82) is 0 Å². The van der Waals surface area contributed by atoms with E-state index in [9.17, 15) is 4.79 Å². The third-order valence-corrected chi connectivity index (χ3v) is 3.89. The fraction of sp³-hybridized carbons (Fsp3) is 0.375. The van der Waals surface area contributed by atoms with E-state index in [1.165, 1.54) is 5.57 Å². The molecule has 0 radical (unpaired) electrons. The van der Waals surface area contributed by atoms with E-state index >= 15 is 0 Å². The van der Waals surface area contributed by atoms with Crippen LogP contribution in [0, 0.1) is 0 Å². The predicted octanol–water partition coefficient (Wildman–Crippen LogP) is 2.36. The zero-order chi connectivity index (χ0) is 15.7. The van der Waals surface area contributed by atoms with Gasteiger partial charge >= 0.3 is 0 Å². The SMILES string of the molecule is CCCc1nn(C)c(C(N)=O)c1NC1=C2OC=CC=C2CC1. The Morgan fingerprint density at radius 2 is 2.32 bits per heavy atom. The Hall–Kier alpha value is -2.50. The molecule has 0 saturated carbocycles. The molecule has 6 nitrogen and oxygen atoms in total. The molecule has 1 aromatic heterocycles. The van der Waals surface area contributed by atoms with Crippen molar-refractivity contribution in [1.82, 2.24) is 9.78 Å². The van der Waals surface area contributed by atoms with Gasteiger partial charge in [-0.05, 0) is 30.9 Å². The van der Waals surface area contributed by atoms with Crippen LogP contribution in [0.15, 0.2) is 35.4 Å². The first kappa shape index (κ1) is 14.4. The number of rotatable bonds is 5. The number of carbonyl (C=O) groups is 1. The molecule has 1 aromatic rings. The van der Waals surface area contributed by atoms with Crippen LogP contribution < -0.4 is 11.1 Å². The maximum atomic E-state index is 11.8. The summed E-state index contributed by atoms with van der Waals surface area (Å²) >= 11 is 0. The molecule has 1 aliphatic carbocycles. The van der Waals surface area contributed by atoms with E-state index in [1.54, 1.807) is 18.0 Å². The van der Waals surface area contributed by atoms with Crippen molar-refractivity contribution in [3.8, 4) is 0 Å². The summed E-state index contributed by atoms with van der Waals surface area (Å²) in [4.78, 5) is 11.8. The largest absolute Gasteiger partial charge is 0.463 e. The van der Waals surface area contributed by atoms with Gasteiger partial charge in [-0.2, -0.15) is 5.10 Å². The number of primary amides is 1. The Bertz CT molecular complexity index is 710. The van der Waals surface area contributed by atoms with Crippen LogP contribution in [-0.4, -0.2) is 15.7 Å². The summed E-state index contributed by atoms with van der Waals surface area (Å²) in [6.45, 7) is 2.08. The smallest absolute Gasteiger partial charge is 0.269 e. The van der Waals surface area contributed by atoms with Crippen molar-refractivity contribution in [2.45, 2.75) is 32.6 Å². The second kappa shape index (κ2) is 5.71. The number of hydrogen-bond acceptors (Lipinski definition) is 4. The number of aromatic nitrogens is 2. The lowest BCUT2D eigenvalue weighted by atomic mass is 10.2. The lowest BCUT2D eigenvalue weighted by Gasteiger charge is -2.13. The third-order valence-electron chi connectivity index (χ3n) is 3.89. The average molecular weight is 300 g/mol. The molecule has 22 heavy (non-hydrogen) atoms. The van der Waals surface area contributed by atoms with Gasteiger partial charge in [0.25, 0.3) is 5.91 Å². The summed E-state index contributed by atoms with van der Waals surface area (Å²) in [5.74, 6) is 0.368. The van der Waals surface area contributed by atoms with Crippen LogP contribution in [-0.2, 0) is 18.2 Å². The van der Waals surface area contributed by atoms with Gasteiger partial charge in [0.1, 0.15) is 11.5 Å². The highest BCUT2D eigenvalue weighted by molar-refractivity contribution is 5.97. The second-order valence-corrected chi connectivity index (χ2v) is 5.48. The first-order valence-corrected chi connectivity index (χ1v) is 7.50. The van der Waals surface area contributed by atoms with Crippen molar-refractivity contribution in [3.63, 3.8) is 0 Å². The number of allylic oxidation sites excluding steroid dienone is 4. The summed E-state index contributed by atoms with van der Waals surface area (Å²) in [6.07, 6.45) is 9.12. The highest BCUT2D eigenvalue weighted by Gasteiger charge is 2.26. The molecule has 116 valence electrons. The second-order valence-electron chi connectivity index (χ2n) is 5.48. The lowest BCUT2D eigenvalue weighted by molar-refractivity contribution is 0.0992. The lowest BCUT2D eigenvalue weighted by Crippen LogP contribution is -2.18. The van der Waals surface area contributed by atoms with Gasteiger partial charge in [0.2, 0.25) is 0 Å². The van der Waals surface area contributed by atoms with Gasteiger partial charge < -0.3 is 15.8 Å². The minimum absolute atomic E-state index is 0.403. The van der Waals surface area contributed by atoms with Crippen LogP contribution in [0.5, 0.6) is 0 Å². The number of amides is 1. The number of aryl methyl sites for hydroxylation is 2. The molecule has 0 saturated heterocycles. The summed E-state index contributed by atoms with van der Waals surface area (Å²) < 4.78 is 7.17. The van der Waals surface area contributed by atoms with Gasteiger partial charge in [0.05, 0.1) is 23.3 Å². The molecule has 0 atom stereocenters. The molecule has 2 aliphatic rings. The first-order valence-electron chi connectivity index (χ1n) is 7.50. The van der Waals surface area contributed by atoms with Gasteiger partial charge in [-0.15, -0.1) is 0 Å². The highest BCUT2D eigenvalue weighted by atomic mass is 16.5. The van der Waals surface area contributed by atoms with Crippen LogP contribution in [0.4, 0.5) is 5.69 Å². The fourth-order valence-electron chi connectivity index (χ4n) is 2.92. The van der Waals surface area contributed by atoms with Gasteiger partial charge in [-0.1, -0.05) is 19.4 Å². The predicted molar refractivity (Wildman–Crippen MR) is 83.9 cm³/mol. The number of ether oxygens (including phenoxy) is 1. The van der Waals surface area contributed by atoms with Crippen molar-refractivity contribution < 1.29 is 9.53 Å². The maximum Gasteiger partial charge on any atom is 0.269 e. The van der Waals surface area contributed by atoms with Crippen LogP contribution >= 0.6 is 0 Å². The monoisotopic (exact) mass is 300 g/mol. The molecule has 3 rings (SSSR count). The van der Waals surface area contributed by atoms with E-state index in [-0.39, 0.29) is 0 Å². The summed E-state index contributed by atoms with van der Waals surface area (Å²) in [6, 6.07) is 0. The van der Waals surface area contributed by atoms with E-state index in [2.05, 4.69) is 23.4 Å². The number of nitrogens with two attached hydrogens (primary N) is 1. The Morgan fingerprint density at radius 3 is 3.05 bits per heavy atom. The Balaban J connectivity index is 2.00. The van der Waals surface area contributed by atoms with Crippen molar-refractivity contribution in [3.05, 3.63) is 46.8 Å². The molecule has 1 aliphatic heterocycles. The van der Waals surface area contributed by atoms with Crippen LogP contribution in [0.25, 0.3) is 0 Å². The minimum atomic E-state index is -0.483. The molecule has 0 spiro atoms. The summed E-state index contributed by atoms with van der Waals surface area (Å²) in [7, 11) is 1.74. The number of nitrogens with zero attached hydrogens (tertiary/aromatic N) is 2. The normalized spacial score (nSPS) is 16.4. The molecule has 0 aromatic carbocycles. The Labute approximate surface area is 129 Å². The molecule has 1 amide bonds. The number of nitrogens with one attached hydrogen (secondary N) is 1. The molecule has 3 N–H and O–H groups in total. The van der Waals surface area contributed by atoms with E-state index in [4.69, 9.17) is 10.5 Å². The number of carbonyl (C=O) groups excluding carboxylic acids is 1. The van der Waals surface area contributed by atoms with Crippen LogP contribution in [0.1, 0.15) is 42.4 Å². The molecular weight excluding hydrogens is 280 g/mol. The van der Waals surface area contributed by atoms with E-state index < -0.39 is 5.91 Å². The van der Waals surface area contributed by atoms with Gasteiger partial charge in [0.15, 0.2) is 0 Å². The third kappa shape index (κ3) is 2.41. The Morgan fingerprint density at radius 1 is 1.50 bits per heavy atom. The number of fused-ring (bicyclic) bond motifs is 1. The maximum absolute atomic E-state index is 11.8. The molecule has 2 heterocycles. The molecule has 0 unspecified atom stereocenters. The average Bonchev–Trinajstić information content (AvgIpc) is 3.02. The Kier molecular flexibility index (Phi) is 3.75. The van der Waals surface area contributed by atoms with Gasteiger partial charge in [0, 0.05) is 7.05 Å². The molecule has 6 heteroatoms. The van der Waals surface area contributed by atoms with E-state index in [1.807, 2.05) is 6.08 Å². The standard InChI is InChI=1S/C16H20N4O2/c1-3-5-11-13(14(16(17)21)20(2)19-11)18-12-8-7-10-6-4-9-22-15(10)12/h4,6,9,18H,3,5,7-8H2,1-2H3,(H2,17,21). The minimum Gasteiger partial charge on any atom is -0.463 e. The summed E-state index contributed by atoms with van der Waals surface area (Å²) in [5.41, 5.74) is 9.64. The van der Waals surface area contributed by atoms with Gasteiger partial charge in [-0.25, -0.2) is 0 Å². The van der Waals surface area contributed by atoms with E-state index in [0.717, 1.165) is 42.8 Å². The molecule has 0 fully saturated rings. The van der Waals surface area contributed by atoms with Crippen molar-refractivity contribution >= 4 is 11.6 Å². The number of anilines is 1. The van der Waals surface area contributed by atoms with Crippen molar-refractivity contribution in [2.75, 3.05) is 5.32 Å². The topological polar surface area (TPSA) is 82.2 Å². The van der Waals surface area contributed by atoms with E-state index in [0.29, 0.717) is 11.4 Å². The molecule has 0 bridgehead atoms. The highest BCUT2D eigenvalue weighted by Crippen LogP contribution is 2.36. The van der Waals surface area contributed by atoms with Crippen molar-refractivity contribution in [2.24, 2.45) is 12.8 Å².